The Kier molecular flexibility index (Phi) is 5.52. The minimum absolute atomic E-state index is 0.333. The molecule has 1 rings (SSSR count). The summed E-state index contributed by atoms with van der Waals surface area (Å²) in [7, 11) is 1.59. The minimum atomic E-state index is -1.14. The van der Waals surface area contributed by atoms with Crippen LogP contribution in [0.3, 0.4) is 0 Å². The van der Waals surface area contributed by atoms with Gasteiger partial charge in [0, 0.05) is 24.2 Å². The highest BCUT2D eigenvalue weighted by molar-refractivity contribution is 5.94. The van der Waals surface area contributed by atoms with E-state index in [1.807, 2.05) is 45.0 Å². The molecule has 0 radical (unpaired) electrons. The first-order chi connectivity index (χ1) is 9.74. The number of carbonyl (C=O) groups is 2. The summed E-state index contributed by atoms with van der Waals surface area (Å²) in [6.45, 7) is 6.12. The third kappa shape index (κ3) is 5.30. The zero-order valence-corrected chi connectivity index (χ0v) is 12.8. The van der Waals surface area contributed by atoms with Crippen molar-refractivity contribution in [1.82, 2.24) is 4.90 Å². The van der Waals surface area contributed by atoms with Crippen molar-refractivity contribution in [3.8, 4) is 5.75 Å². The molecule has 0 aliphatic rings. The van der Waals surface area contributed by atoms with Crippen molar-refractivity contribution in [2.45, 2.75) is 32.9 Å². The van der Waals surface area contributed by atoms with Crippen molar-refractivity contribution in [2.75, 3.05) is 7.11 Å². The second kappa shape index (κ2) is 6.92. The largest absolute Gasteiger partial charge is 0.497 e. The van der Waals surface area contributed by atoms with Crippen LogP contribution in [0.1, 0.15) is 26.3 Å². The van der Waals surface area contributed by atoms with Crippen LogP contribution < -0.4 is 4.74 Å². The van der Waals surface area contributed by atoms with Gasteiger partial charge in [-0.3, -0.25) is 4.79 Å². The Morgan fingerprint density at radius 1 is 1.19 bits per heavy atom. The number of carboxylic acids is 1. The molecule has 0 spiro atoms. The zero-order valence-electron chi connectivity index (χ0n) is 12.8. The first-order valence-electron chi connectivity index (χ1n) is 6.59. The van der Waals surface area contributed by atoms with Crippen LogP contribution in [0.15, 0.2) is 36.4 Å². The van der Waals surface area contributed by atoms with E-state index in [9.17, 15) is 9.59 Å². The number of methoxy groups -OCH3 is 1. The Morgan fingerprint density at radius 3 is 2.19 bits per heavy atom. The molecule has 0 unspecified atom stereocenters. The highest BCUT2D eigenvalue weighted by atomic mass is 16.5. The fourth-order valence-corrected chi connectivity index (χ4v) is 1.79. The number of rotatable bonds is 5. The molecule has 21 heavy (non-hydrogen) atoms. The summed E-state index contributed by atoms with van der Waals surface area (Å²) >= 11 is 0. The maximum atomic E-state index is 12.2. The van der Waals surface area contributed by atoms with Crippen molar-refractivity contribution < 1.29 is 19.4 Å². The molecule has 0 heterocycles. The van der Waals surface area contributed by atoms with Gasteiger partial charge >= 0.3 is 5.97 Å². The third-order valence-electron chi connectivity index (χ3n) is 2.94. The topological polar surface area (TPSA) is 66.8 Å². The normalized spacial score (nSPS) is 11.4. The van der Waals surface area contributed by atoms with Crippen molar-refractivity contribution >= 4 is 11.9 Å². The molecular weight excluding hydrogens is 270 g/mol. The van der Waals surface area contributed by atoms with Gasteiger partial charge in [-0.15, -0.1) is 0 Å². The Morgan fingerprint density at radius 2 is 1.76 bits per heavy atom. The van der Waals surface area contributed by atoms with Crippen molar-refractivity contribution in [3.63, 3.8) is 0 Å². The fourth-order valence-electron chi connectivity index (χ4n) is 1.79. The molecule has 1 aromatic rings. The van der Waals surface area contributed by atoms with Crippen LogP contribution in [0, 0.1) is 0 Å². The molecule has 1 N–H and O–H groups in total. The number of aliphatic carboxylic acids is 1. The lowest BCUT2D eigenvalue weighted by Gasteiger charge is -2.35. The van der Waals surface area contributed by atoms with E-state index in [1.54, 1.807) is 12.0 Å². The van der Waals surface area contributed by atoms with Gasteiger partial charge in [0.05, 0.1) is 7.11 Å². The average Bonchev–Trinajstić information content (AvgIpc) is 2.41. The number of carboxylic acid groups (broad SMARTS) is 1. The van der Waals surface area contributed by atoms with E-state index in [4.69, 9.17) is 9.84 Å². The van der Waals surface area contributed by atoms with Crippen LogP contribution in [0.4, 0.5) is 0 Å². The third-order valence-corrected chi connectivity index (χ3v) is 2.94. The van der Waals surface area contributed by atoms with Gasteiger partial charge in [0.15, 0.2) is 0 Å². The lowest BCUT2D eigenvalue weighted by Crippen LogP contribution is -2.44. The molecule has 1 aromatic carbocycles. The Labute approximate surface area is 124 Å². The van der Waals surface area contributed by atoms with Gasteiger partial charge in [-0.05, 0) is 38.5 Å². The number of ether oxygens (including phenoxy) is 1. The molecule has 5 heteroatoms. The highest BCUT2D eigenvalue weighted by Crippen LogP contribution is 2.19. The monoisotopic (exact) mass is 291 g/mol. The van der Waals surface area contributed by atoms with E-state index in [1.165, 1.54) is 0 Å². The van der Waals surface area contributed by atoms with Gasteiger partial charge < -0.3 is 14.7 Å². The maximum absolute atomic E-state index is 12.2. The quantitative estimate of drug-likeness (QED) is 0.846. The molecular formula is C16H21NO4. The highest BCUT2D eigenvalue weighted by Gasteiger charge is 2.25. The summed E-state index contributed by atoms with van der Waals surface area (Å²) in [5, 5.41) is 8.62. The predicted octanol–water partition coefficient (Wildman–Crippen LogP) is 2.46. The van der Waals surface area contributed by atoms with Gasteiger partial charge in [0.2, 0.25) is 5.91 Å². The van der Waals surface area contributed by atoms with E-state index in [0.29, 0.717) is 6.54 Å². The number of nitrogens with zero attached hydrogens (tertiary/aromatic N) is 1. The molecule has 0 bridgehead atoms. The molecule has 0 aromatic heterocycles. The second-order valence-corrected chi connectivity index (χ2v) is 5.61. The Hall–Kier alpha value is -2.30. The SMILES string of the molecule is COc1ccc(CN(C(=O)C=CC(=O)O)C(C)(C)C)cc1. The summed E-state index contributed by atoms with van der Waals surface area (Å²) in [5.74, 6) is -0.722. The summed E-state index contributed by atoms with van der Waals surface area (Å²) in [6.07, 6.45) is 1.94. The fraction of sp³-hybridized carbons (Fsp3) is 0.375. The zero-order chi connectivity index (χ0) is 16.0. The first-order valence-corrected chi connectivity index (χ1v) is 6.59. The van der Waals surface area contributed by atoms with E-state index >= 15 is 0 Å². The number of hydrogen-bond donors (Lipinski definition) is 1. The summed E-state index contributed by atoms with van der Waals surface area (Å²) < 4.78 is 5.10. The molecule has 0 saturated carbocycles. The summed E-state index contributed by atoms with van der Waals surface area (Å²) in [6, 6.07) is 7.42. The van der Waals surface area contributed by atoms with Gasteiger partial charge in [-0.1, -0.05) is 12.1 Å². The van der Waals surface area contributed by atoms with Crippen LogP contribution in [0.2, 0.25) is 0 Å². The number of carbonyl (C=O) groups excluding carboxylic acids is 1. The standard InChI is InChI=1S/C16H21NO4/c1-16(2,3)17(14(18)9-10-15(19)20)11-12-5-7-13(21-4)8-6-12/h5-10H,11H2,1-4H3,(H,19,20). The maximum Gasteiger partial charge on any atom is 0.328 e. The summed E-state index contributed by atoms with van der Waals surface area (Å²) in [5.41, 5.74) is 0.530. The van der Waals surface area contributed by atoms with Crippen LogP contribution >= 0.6 is 0 Å². The van der Waals surface area contributed by atoms with Crippen molar-refractivity contribution in [2.24, 2.45) is 0 Å². The molecule has 1 amide bonds. The molecule has 0 atom stereocenters. The smallest absolute Gasteiger partial charge is 0.328 e. The molecule has 5 nitrogen and oxygen atoms in total. The van der Waals surface area contributed by atoms with Gasteiger partial charge in [0.25, 0.3) is 0 Å². The van der Waals surface area contributed by atoms with Crippen LogP contribution in [-0.4, -0.2) is 34.5 Å². The first kappa shape index (κ1) is 16.8. The Balaban J connectivity index is 2.93. The molecule has 114 valence electrons. The number of hydrogen-bond acceptors (Lipinski definition) is 3. The predicted molar refractivity (Wildman–Crippen MR) is 80.1 cm³/mol. The average molecular weight is 291 g/mol. The van der Waals surface area contributed by atoms with Crippen LogP contribution in [0.25, 0.3) is 0 Å². The minimum Gasteiger partial charge on any atom is -0.497 e. The second-order valence-electron chi connectivity index (χ2n) is 5.61. The van der Waals surface area contributed by atoms with E-state index < -0.39 is 11.5 Å². The number of benzene rings is 1. The molecule has 0 aliphatic heterocycles. The van der Waals surface area contributed by atoms with E-state index in [-0.39, 0.29) is 5.91 Å². The number of amides is 1. The summed E-state index contributed by atoms with van der Waals surface area (Å²) in [4.78, 5) is 24.3. The molecule has 0 aliphatic carbocycles. The van der Waals surface area contributed by atoms with Crippen molar-refractivity contribution in [3.05, 3.63) is 42.0 Å². The lowest BCUT2D eigenvalue weighted by atomic mass is 10.0. The lowest BCUT2D eigenvalue weighted by molar-refractivity contribution is -0.134. The van der Waals surface area contributed by atoms with E-state index in [0.717, 1.165) is 23.5 Å². The van der Waals surface area contributed by atoms with Crippen LogP contribution in [0.5, 0.6) is 5.75 Å². The molecule has 0 saturated heterocycles. The van der Waals surface area contributed by atoms with E-state index in [2.05, 4.69) is 0 Å². The molecule has 0 fully saturated rings. The van der Waals surface area contributed by atoms with Gasteiger partial charge in [-0.25, -0.2) is 4.79 Å². The van der Waals surface area contributed by atoms with Gasteiger partial charge in [0.1, 0.15) is 5.75 Å². The van der Waals surface area contributed by atoms with Crippen LogP contribution in [-0.2, 0) is 16.1 Å². The van der Waals surface area contributed by atoms with Gasteiger partial charge in [-0.2, -0.15) is 0 Å². The Bertz CT molecular complexity index is 526. The van der Waals surface area contributed by atoms with Crippen molar-refractivity contribution in [1.29, 1.82) is 0 Å².